The van der Waals surface area contributed by atoms with Crippen molar-refractivity contribution in [3.05, 3.63) is 48.3 Å². The number of halogens is 1. The molecule has 0 radical (unpaired) electrons. The number of nitrogens with one attached hydrogen (secondary N) is 1. The van der Waals surface area contributed by atoms with Gasteiger partial charge in [-0.05, 0) is 52.0 Å². The monoisotopic (exact) mass is 467 g/mol. The molecule has 1 aliphatic heterocycles. The summed E-state index contributed by atoms with van der Waals surface area (Å²) < 4.78 is 16.5. The van der Waals surface area contributed by atoms with Crippen molar-refractivity contribution in [2.75, 3.05) is 36.4 Å². The Labute approximate surface area is 198 Å². The van der Waals surface area contributed by atoms with Crippen molar-refractivity contribution in [2.24, 2.45) is 0 Å². The van der Waals surface area contributed by atoms with E-state index < -0.39 is 11.9 Å². The second-order valence-electron chi connectivity index (χ2n) is 8.70. The third-order valence-corrected chi connectivity index (χ3v) is 5.92. The second-order valence-corrected chi connectivity index (χ2v) is 8.70. The largest absolute Gasteiger partial charge is 0.384 e. The number of hydrogen-bond acceptors (Lipinski definition) is 7. The molecule has 0 saturated carbocycles. The number of aromatic nitrogens is 4. The van der Waals surface area contributed by atoms with Gasteiger partial charge in [-0.3, -0.25) is 4.79 Å². The number of carbonyl (C=O) groups is 1. The first-order valence-corrected chi connectivity index (χ1v) is 11.4. The third kappa shape index (κ3) is 4.86. The van der Waals surface area contributed by atoms with E-state index in [0.29, 0.717) is 37.8 Å². The van der Waals surface area contributed by atoms with E-state index in [0.717, 1.165) is 17.2 Å². The van der Waals surface area contributed by atoms with Gasteiger partial charge in [-0.25, -0.2) is 19.3 Å². The van der Waals surface area contributed by atoms with Crippen molar-refractivity contribution in [1.29, 1.82) is 0 Å². The summed E-state index contributed by atoms with van der Waals surface area (Å²) in [6.45, 7) is 9.94. The van der Waals surface area contributed by atoms with Crippen LogP contribution >= 0.6 is 0 Å². The number of carbonyl (C=O) groups excluding carboxylic acids is 1. The van der Waals surface area contributed by atoms with E-state index in [-0.39, 0.29) is 17.6 Å². The van der Waals surface area contributed by atoms with Crippen molar-refractivity contribution < 1.29 is 14.3 Å². The van der Waals surface area contributed by atoms with Gasteiger partial charge in [0.25, 0.3) is 5.91 Å². The zero-order valence-electron chi connectivity index (χ0n) is 19.9. The minimum Gasteiger partial charge on any atom is -0.384 e. The Balaban J connectivity index is 1.46. The third-order valence-electron chi connectivity index (χ3n) is 5.92. The molecule has 4 rings (SSSR count). The van der Waals surface area contributed by atoms with Gasteiger partial charge in [-0.1, -0.05) is 0 Å². The quantitative estimate of drug-likeness (QED) is 0.575. The molecular formula is C24H30FN7O2. The number of aliphatic hydroxyl groups is 1. The molecular weight excluding hydrogens is 437 g/mol. The van der Waals surface area contributed by atoms with Crippen LogP contribution in [0.3, 0.4) is 0 Å². The predicted octanol–water partition coefficient (Wildman–Crippen LogP) is 3.14. The number of piperazine rings is 1. The van der Waals surface area contributed by atoms with E-state index in [1.807, 2.05) is 49.6 Å². The molecule has 2 aromatic heterocycles. The van der Waals surface area contributed by atoms with E-state index in [2.05, 4.69) is 25.2 Å². The van der Waals surface area contributed by atoms with Gasteiger partial charge in [0.1, 0.15) is 17.6 Å². The summed E-state index contributed by atoms with van der Waals surface area (Å²) in [5.41, 5.74) is 2.62. The molecule has 0 bridgehead atoms. The summed E-state index contributed by atoms with van der Waals surface area (Å²) >= 11 is 0. The summed E-state index contributed by atoms with van der Waals surface area (Å²) in [5, 5.41) is 12.6. The van der Waals surface area contributed by atoms with Crippen LogP contribution in [0.25, 0.3) is 11.4 Å². The normalized spacial score (nSPS) is 15.0. The average Bonchev–Trinajstić information content (AvgIpc) is 3.22. The molecule has 0 spiro atoms. The number of amides is 1. The summed E-state index contributed by atoms with van der Waals surface area (Å²) in [7, 11) is 0. The van der Waals surface area contributed by atoms with Crippen molar-refractivity contribution in [1.82, 2.24) is 24.4 Å². The SMILES string of the molecule is Cc1ncc(-c2nc(Nc3ccc(N4CCN(C(=O)[C@H](C)O)CC4)cc3)ncc2F)n1C(C)C. The van der Waals surface area contributed by atoms with Crippen LogP contribution in [0.1, 0.15) is 32.6 Å². The van der Waals surface area contributed by atoms with Gasteiger partial charge in [-0.15, -0.1) is 0 Å². The molecule has 3 heterocycles. The van der Waals surface area contributed by atoms with E-state index in [1.54, 1.807) is 11.1 Å². The van der Waals surface area contributed by atoms with Gasteiger partial charge in [0.15, 0.2) is 5.82 Å². The Bertz CT molecular complexity index is 1150. The Morgan fingerprint density at radius 3 is 2.35 bits per heavy atom. The lowest BCUT2D eigenvalue weighted by Gasteiger charge is -2.36. The fourth-order valence-electron chi connectivity index (χ4n) is 4.22. The van der Waals surface area contributed by atoms with Crippen LogP contribution in [0.4, 0.5) is 21.7 Å². The van der Waals surface area contributed by atoms with Gasteiger partial charge in [-0.2, -0.15) is 0 Å². The standard InChI is InChI=1S/C24H30FN7O2/c1-15(2)32-17(4)26-14-21(32)22-20(25)13-27-24(29-22)28-18-5-7-19(8-6-18)30-9-11-31(12-10-30)23(34)16(3)33/h5-8,13-16,33H,9-12H2,1-4H3,(H,27,28,29)/t16-/m0/s1. The number of aliphatic hydroxyl groups excluding tert-OH is 1. The average molecular weight is 468 g/mol. The maximum absolute atomic E-state index is 14.6. The zero-order chi connectivity index (χ0) is 24.4. The molecule has 1 fully saturated rings. The minimum atomic E-state index is -0.971. The zero-order valence-corrected chi connectivity index (χ0v) is 19.9. The smallest absolute Gasteiger partial charge is 0.251 e. The highest BCUT2D eigenvalue weighted by Crippen LogP contribution is 2.27. The summed E-state index contributed by atoms with van der Waals surface area (Å²) in [4.78, 5) is 28.7. The molecule has 34 heavy (non-hydrogen) atoms. The van der Waals surface area contributed by atoms with E-state index in [4.69, 9.17) is 0 Å². The number of rotatable bonds is 6. The van der Waals surface area contributed by atoms with Crippen LogP contribution in [0, 0.1) is 12.7 Å². The molecule has 0 unspecified atom stereocenters. The lowest BCUT2D eigenvalue weighted by Crippen LogP contribution is -2.51. The Kier molecular flexibility index (Phi) is 6.78. The molecule has 180 valence electrons. The first-order valence-electron chi connectivity index (χ1n) is 11.4. The van der Waals surface area contributed by atoms with Crippen molar-refractivity contribution in [3.8, 4) is 11.4 Å². The lowest BCUT2D eigenvalue weighted by atomic mass is 10.2. The van der Waals surface area contributed by atoms with Gasteiger partial charge in [0.05, 0.1) is 18.1 Å². The topological polar surface area (TPSA) is 99.4 Å². The van der Waals surface area contributed by atoms with Crippen LogP contribution in [0.15, 0.2) is 36.7 Å². The molecule has 3 aromatic rings. The molecule has 1 amide bonds. The molecule has 1 aromatic carbocycles. The highest BCUT2D eigenvalue weighted by Gasteiger charge is 2.24. The van der Waals surface area contributed by atoms with E-state index in [1.165, 1.54) is 13.1 Å². The highest BCUT2D eigenvalue weighted by molar-refractivity contribution is 5.80. The molecule has 1 aliphatic rings. The second kappa shape index (κ2) is 9.76. The van der Waals surface area contributed by atoms with Crippen molar-refractivity contribution in [2.45, 2.75) is 39.8 Å². The van der Waals surface area contributed by atoms with Gasteiger partial charge >= 0.3 is 0 Å². The Morgan fingerprint density at radius 1 is 1.06 bits per heavy atom. The molecule has 9 nitrogen and oxygen atoms in total. The van der Waals surface area contributed by atoms with Crippen LogP contribution in [0.2, 0.25) is 0 Å². The Morgan fingerprint density at radius 2 is 1.74 bits per heavy atom. The summed E-state index contributed by atoms with van der Waals surface area (Å²) in [5.74, 6) is 0.355. The number of nitrogens with zero attached hydrogens (tertiary/aromatic N) is 6. The molecule has 1 atom stereocenters. The number of hydrogen-bond donors (Lipinski definition) is 2. The van der Waals surface area contributed by atoms with Crippen LogP contribution in [-0.2, 0) is 4.79 Å². The maximum Gasteiger partial charge on any atom is 0.251 e. The number of imidazole rings is 1. The van der Waals surface area contributed by atoms with Gasteiger partial charge in [0, 0.05) is 43.6 Å². The van der Waals surface area contributed by atoms with Gasteiger partial charge in [0.2, 0.25) is 5.95 Å². The molecule has 1 saturated heterocycles. The minimum absolute atomic E-state index is 0.114. The number of anilines is 3. The lowest BCUT2D eigenvalue weighted by molar-refractivity contribution is -0.139. The predicted molar refractivity (Wildman–Crippen MR) is 129 cm³/mol. The maximum atomic E-state index is 14.6. The van der Waals surface area contributed by atoms with Crippen molar-refractivity contribution in [3.63, 3.8) is 0 Å². The fourth-order valence-corrected chi connectivity index (χ4v) is 4.22. The highest BCUT2D eigenvalue weighted by atomic mass is 19.1. The first kappa shape index (κ1) is 23.6. The molecule has 2 N–H and O–H groups in total. The molecule has 0 aliphatic carbocycles. The summed E-state index contributed by atoms with van der Waals surface area (Å²) in [6.07, 6.45) is 1.83. The summed E-state index contributed by atoms with van der Waals surface area (Å²) in [6, 6.07) is 7.91. The number of benzene rings is 1. The number of aryl methyl sites for hydroxylation is 1. The van der Waals surface area contributed by atoms with E-state index >= 15 is 0 Å². The first-order chi connectivity index (χ1) is 16.2. The van der Waals surface area contributed by atoms with Gasteiger partial charge < -0.3 is 24.8 Å². The fraction of sp³-hybridized carbons (Fsp3) is 0.417. The van der Waals surface area contributed by atoms with Crippen molar-refractivity contribution >= 4 is 23.2 Å². The van der Waals surface area contributed by atoms with E-state index in [9.17, 15) is 14.3 Å². The van der Waals surface area contributed by atoms with Crippen LogP contribution in [-0.4, -0.2) is 67.7 Å². The van der Waals surface area contributed by atoms with Crippen LogP contribution in [0.5, 0.6) is 0 Å². The Hall–Kier alpha value is -3.53. The van der Waals surface area contributed by atoms with Crippen LogP contribution < -0.4 is 10.2 Å². The molecule has 10 heteroatoms.